The minimum absolute atomic E-state index is 0.0395. The summed E-state index contributed by atoms with van der Waals surface area (Å²) in [6, 6.07) is 5.49. The van der Waals surface area contributed by atoms with Gasteiger partial charge in [0.2, 0.25) is 11.8 Å². The number of halogens is 1. The summed E-state index contributed by atoms with van der Waals surface area (Å²) in [5.74, 6) is -1.02. The maximum Gasteiger partial charge on any atom is 0.411 e. The molecular weight excluding hydrogens is 493 g/mol. The molecule has 3 aliphatic rings. The molecule has 4 rings (SSSR count). The van der Waals surface area contributed by atoms with Crippen LogP contribution >= 0.6 is 0 Å². The molecule has 2 aliphatic carbocycles. The number of amides is 3. The third-order valence-corrected chi connectivity index (χ3v) is 9.34. The van der Waals surface area contributed by atoms with E-state index in [1.807, 2.05) is 6.92 Å². The molecule has 1 aromatic carbocycles. The molecule has 38 heavy (non-hydrogen) atoms. The van der Waals surface area contributed by atoms with Crippen LogP contribution in [0.4, 0.5) is 14.9 Å². The van der Waals surface area contributed by atoms with Gasteiger partial charge in [0.1, 0.15) is 11.9 Å². The first-order valence-electron chi connectivity index (χ1n) is 13.5. The zero-order chi connectivity index (χ0) is 27.7. The minimum Gasteiger partial charge on any atom is -0.445 e. The van der Waals surface area contributed by atoms with E-state index in [1.54, 1.807) is 11.0 Å². The topological polar surface area (TPSA) is 128 Å². The van der Waals surface area contributed by atoms with Gasteiger partial charge < -0.3 is 25.2 Å². The Morgan fingerprint density at radius 3 is 2.63 bits per heavy atom. The lowest BCUT2D eigenvalue weighted by Gasteiger charge is -2.60. The van der Waals surface area contributed by atoms with E-state index in [1.165, 1.54) is 25.1 Å². The van der Waals surface area contributed by atoms with Crippen LogP contribution in [0.25, 0.3) is 0 Å². The number of benzene rings is 1. The van der Waals surface area contributed by atoms with Crippen LogP contribution in [-0.2, 0) is 14.3 Å². The van der Waals surface area contributed by atoms with Crippen molar-refractivity contribution in [1.82, 2.24) is 10.2 Å². The quantitative estimate of drug-likeness (QED) is 0.445. The highest BCUT2D eigenvalue weighted by molar-refractivity contribution is 5.84. The number of hydrogen-bond donors (Lipinski definition) is 4. The van der Waals surface area contributed by atoms with Crippen molar-refractivity contribution in [3.8, 4) is 0 Å². The molecule has 9 nitrogen and oxygen atoms in total. The Morgan fingerprint density at radius 1 is 1.18 bits per heavy atom. The van der Waals surface area contributed by atoms with Crippen molar-refractivity contribution in [2.75, 3.05) is 25.0 Å². The summed E-state index contributed by atoms with van der Waals surface area (Å²) in [5, 5.41) is 27.1. The van der Waals surface area contributed by atoms with Gasteiger partial charge in [-0.05, 0) is 67.6 Å². The maximum absolute atomic E-state index is 13.5. The predicted molar refractivity (Wildman–Crippen MR) is 138 cm³/mol. The normalized spacial score (nSPS) is 34.8. The summed E-state index contributed by atoms with van der Waals surface area (Å²) in [6.45, 7) is 6.27. The summed E-state index contributed by atoms with van der Waals surface area (Å²) in [6.07, 6.45) is 1.17. The number of aliphatic hydroxyl groups is 2. The van der Waals surface area contributed by atoms with E-state index in [4.69, 9.17) is 4.74 Å². The molecule has 2 saturated carbocycles. The van der Waals surface area contributed by atoms with E-state index in [9.17, 15) is 29.0 Å². The van der Waals surface area contributed by atoms with Crippen LogP contribution < -0.4 is 10.6 Å². The van der Waals surface area contributed by atoms with Crippen molar-refractivity contribution in [2.24, 2.45) is 22.7 Å². The largest absolute Gasteiger partial charge is 0.445 e. The highest BCUT2D eigenvalue weighted by Crippen LogP contribution is 2.61. The SMILES string of the molecule is CC(=O)NC1CCN(C(=O)CC2C(O)CCC3C(C)(CO)C(OC(=O)Nc4cccc(F)c4)CCC23C)C1. The average Bonchev–Trinajstić information content (AvgIpc) is 3.31. The number of aliphatic hydroxyl groups excluding tert-OH is 2. The summed E-state index contributed by atoms with van der Waals surface area (Å²) >= 11 is 0. The van der Waals surface area contributed by atoms with Gasteiger partial charge in [0.15, 0.2) is 0 Å². The van der Waals surface area contributed by atoms with Crippen LogP contribution in [0.2, 0.25) is 0 Å². The van der Waals surface area contributed by atoms with Crippen LogP contribution in [-0.4, -0.2) is 71.0 Å². The molecular formula is C28H40FN3O6. The van der Waals surface area contributed by atoms with Crippen molar-refractivity contribution in [3.05, 3.63) is 30.1 Å². The third-order valence-electron chi connectivity index (χ3n) is 9.34. The Balaban J connectivity index is 1.46. The summed E-state index contributed by atoms with van der Waals surface area (Å²) in [5.41, 5.74) is -0.943. The van der Waals surface area contributed by atoms with Gasteiger partial charge in [-0.3, -0.25) is 14.9 Å². The molecule has 0 radical (unpaired) electrons. The van der Waals surface area contributed by atoms with Crippen molar-refractivity contribution in [2.45, 2.75) is 77.5 Å². The maximum atomic E-state index is 13.5. The fraction of sp³-hybridized carbons (Fsp3) is 0.679. The number of nitrogens with zero attached hydrogens (tertiary/aromatic N) is 1. The molecule has 1 saturated heterocycles. The van der Waals surface area contributed by atoms with Crippen LogP contribution in [0.1, 0.15) is 59.3 Å². The number of nitrogens with one attached hydrogen (secondary N) is 2. The number of carbonyl (C=O) groups excluding carboxylic acids is 3. The first-order chi connectivity index (χ1) is 18.0. The van der Waals surface area contributed by atoms with Gasteiger partial charge >= 0.3 is 6.09 Å². The van der Waals surface area contributed by atoms with Gasteiger partial charge in [-0.2, -0.15) is 0 Å². The molecule has 1 aromatic rings. The summed E-state index contributed by atoms with van der Waals surface area (Å²) in [7, 11) is 0. The Kier molecular flexibility index (Phi) is 8.32. The van der Waals surface area contributed by atoms with Gasteiger partial charge in [-0.1, -0.05) is 19.9 Å². The zero-order valence-corrected chi connectivity index (χ0v) is 22.4. The zero-order valence-electron chi connectivity index (χ0n) is 22.4. The standard InChI is InChI=1S/C28H40FN3O6/c1-17(34)30-20-10-12-32(15-20)25(36)14-21-22(35)7-8-23-27(21,2)11-9-24(28(23,3)16-33)38-26(37)31-19-6-4-5-18(29)13-19/h4-6,13,20-24,33,35H,7-12,14-16H2,1-3H3,(H,30,34)(H,31,37). The monoisotopic (exact) mass is 533 g/mol. The van der Waals surface area contributed by atoms with Gasteiger partial charge in [-0.15, -0.1) is 0 Å². The Hall–Kier alpha value is -2.72. The summed E-state index contributed by atoms with van der Waals surface area (Å²) < 4.78 is 19.3. The van der Waals surface area contributed by atoms with E-state index in [2.05, 4.69) is 17.6 Å². The lowest BCUT2D eigenvalue weighted by atomic mass is 9.46. The predicted octanol–water partition coefficient (Wildman–Crippen LogP) is 3.06. The number of hydrogen-bond acceptors (Lipinski definition) is 6. The second-order valence-electron chi connectivity index (χ2n) is 11.8. The molecule has 7 unspecified atom stereocenters. The molecule has 0 aromatic heterocycles. The number of carbonyl (C=O) groups is 3. The van der Waals surface area contributed by atoms with Crippen LogP contribution in [0.3, 0.4) is 0 Å². The number of likely N-dealkylation sites (tertiary alicyclic amines) is 1. The first kappa shape index (κ1) is 28.3. The highest BCUT2D eigenvalue weighted by atomic mass is 19.1. The van der Waals surface area contributed by atoms with E-state index in [-0.39, 0.29) is 48.4 Å². The van der Waals surface area contributed by atoms with Crippen molar-refractivity contribution in [3.63, 3.8) is 0 Å². The van der Waals surface area contributed by atoms with Crippen molar-refractivity contribution >= 4 is 23.6 Å². The van der Waals surface area contributed by atoms with E-state index >= 15 is 0 Å². The Morgan fingerprint density at radius 2 is 1.95 bits per heavy atom. The highest BCUT2D eigenvalue weighted by Gasteiger charge is 2.60. The van der Waals surface area contributed by atoms with Gasteiger partial charge in [0.05, 0.1) is 12.7 Å². The number of ether oxygens (including phenoxy) is 1. The molecule has 0 bridgehead atoms. The van der Waals surface area contributed by atoms with Crippen molar-refractivity contribution in [1.29, 1.82) is 0 Å². The van der Waals surface area contributed by atoms with Crippen LogP contribution in [0, 0.1) is 28.5 Å². The van der Waals surface area contributed by atoms with Crippen LogP contribution in [0.15, 0.2) is 24.3 Å². The first-order valence-corrected chi connectivity index (χ1v) is 13.5. The summed E-state index contributed by atoms with van der Waals surface area (Å²) in [4.78, 5) is 39.1. The smallest absolute Gasteiger partial charge is 0.411 e. The number of fused-ring (bicyclic) bond motifs is 1. The Bertz CT molecular complexity index is 1060. The molecule has 10 heteroatoms. The molecule has 3 fully saturated rings. The number of rotatable bonds is 6. The third kappa shape index (κ3) is 5.66. The molecule has 3 amide bonds. The fourth-order valence-corrected chi connectivity index (χ4v) is 7.33. The molecule has 4 N–H and O–H groups in total. The Labute approximate surface area is 223 Å². The minimum atomic E-state index is -0.780. The van der Waals surface area contributed by atoms with E-state index in [0.29, 0.717) is 45.2 Å². The number of anilines is 1. The molecule has 7 atom stereocenters. The van der Waals surface area contributed by atoms with Crippen LogP contribution in [0.5, 0.6) is 0 Å². The molecule has 1 aliphatic heterocycles. The second-order valence-corrected chi connectivity index (χ2v) is 11.8. The van der Waals surface area contributed by atoms with Gasteiger partial charge in [0, 0.05) is 43.6 Å². The van der Waals surface area contributed by atoms with E-state index < -0.39 is 34.9 Å². The lowest BCUT2D eigenvalue weighted by Crippen LogP contribution is -2.61. The van der Waals surface area contributed by atoms with Gasteiger partial charge in [0.25, 0.3) is 0 Å². The second kappa shape index (κ2) is 11.2. The fourth-order valence-electron chi connectivity index (χ4n) is 7.33. The van der Waals surface area contributed by atoms with Crippen molar-refractivity contribution < 1.29 is 33.7 Å². The molecule has 0 spiro atoms. The average molecular weight is 534 g/mol. The van der Waals surface area contributed by atoms with E-state index in [0.717, 1.165) is 0 Å². The van der Waals surface area contributed by atoms with Gasteiger partial charge in [-0.25, -0.2) is 9.18 Å². The molecule has 1 heterocycles. The molecule has 210 valence electrons. The lowest BCUT2D eigenvalue weighted by molar-refractivity contribution is -0.186.